The number of amides is 1. The highest BCUT2D eigenvalue weighted by Gasteiger charge is 2.28. The Morgan fingerprint density at radius 2 is 1.74 bits per heavy atom. The van der Waals surface area contributed by atoms with E-state index in [2.05, 4.69) is 40.3 Å². The molecule has 120 valence electrons. The first-order chi connectivity index (χ1) is 11.1. The molecule has 0 unspecified atom stereocenters. The molecule has 1 heterocycles. The quantitative estimate of drug-likeness (QED) is 0.870. The summed E-state index contributed by atoms with van der Waals surface area (Å²) in [6, 6.07) is 11.0. The molecule has 0 N–H and O–H groups in total. The van der Waals surface area contributed by atoms with Crippen molar-refractivity contribution < 1.29 is 4.79 Å². The molecule has 4 heteroatoms. The Kier molecular flexibility index (Phi) is 4.70. The zero-order valence-electron chi connectivity index (χ0n) is 13.8. The fourth-order valence-electron chi connectivity index (χ4n) is 3.37. The van der Waals surface area contributed by atoms with E-state index in [0.29, 0.717) is 17.7 Å². The van der Waals surface area contributed by atoms with Crippen molar-refractivity contribution in [2.24, 2.45) is 0 Å². The van der Waals surface area contributed by atoms with E-state index < -0.39 is 0 Å². The molecule has 0 atom stereocenters. The van der Waals surface area contributed by atoms with E-state index in [1.165, 1.54) is 5.56 Å². The molecule has 0 spiro atoms. The first-order valence-electron chi connectivity index (χ1n) is 8.26. The van der Waals surface area contributed by atoms with Gasteiger partial charge in [-0.25, -0.2) is 4.98 Å². The second kappa shape index (κ2) is 6.90. The molecule has 0 radical (unpaired) electrons. The van der Waals surface area contributed by atoms with Crippen LogP contribution >= 0.6 is 0 Å². The van der Waals surface area contributed by atoms with Crippen LogP contribution in [0.3, 0.4) is 0 Å². The number of benzene rings is 1. The molecule has 0 bridgehead atoms. The fourth-order valence-corrected chi connectivity index (χ4v) is 3.37. The third-order valence-electron chi connectivity index (χ3n) is 4.84. The summed E-state index contributed by atoms with van der Waals surface area (Å²) in [4.78, 5) is 22.8. The number of aryl methyl sites for hydroxylation is 1. The molecule has 1 fully saturated rings. The smallest absolute Gasteiger partial charge is 0.274 e. The molecule has 1 saturated carbocycles. The summed E-state index contributed by atoms with van der Waals surface area (Å²) in [5.74, 6) is 0.593. The Bertz CT molecular complexity index is 646. The maximum absolute atomic E-state index is 12.5. The van der Waals surface area contributed by atoms with Gasteiger partial charge in [0.15, 0.2) is 0 Å². The van der Waals surface area contributed by atoms with Crippen molar-refractivity contribution in [2.75, 3.05) is 7.05 Å². The van der Waals surface area contributed by atoms with Gasteiger partial charge in [0, 0.05) is 19.3 Å². The number of carbonyl (C=O) groups excluding carboxylic acids is 1. The summed E-state index contributed by atoms with van der Waals surface area (Å²) in [5, 5.41) is 0. The van der Waals surface area contributed by atoms with Crippen molar-refractivity contribution in [3.63, 3.8) is 0 Å². The van der Waals surface area contributed by atoms with Gasteiger partial charge in [0.25, 0.3) is 5.91 Å². The van der Waals surface area contributed by atoms with Crippen LogP contribution in [0.5, 0.6) is 0 Å². The van der Waals surface area contributed by atoms with E-state index in [4.69, 9.17) is 0 Å². The second-order valence-corrected chi connectivity index (χ2v) is 6.38. The van der Waals surface area contributed by atoms with Gasteiger partial charge in [-0.05, 0) is 44.1 Å². The highest BCUT2D eigenvalue weighted by atomic mass is 16.2. The highest BCUT2D eigenvalue weighted by molar-refractivity contribution is 5.92. The molecular weight excluding hydrogens is 286 g/mol. The molecule has 23 heavy (non-hydrogen) atoms. The van der Waals surface area contributed by atoms with Gasteiger partial charge in [-0.3, -0.25) is 9.78 Å². The van der Waals surface area contributed by atoms with Crippen LogP contribution in [0.1, 0.15) is 53.3 Å². The first-order valence-corrected chi connectivity index (χ1v) is 8.26. The van der Waals surface area contributed by atoms with Crippen LogP contribution in [0.4, 0.5) is 0 Å². The predicted octanol–water partition coefficient (Wildman–Crippen LogP) is 3.58. The molecule has 1 aliphatic carbocycles. The number of nitrogens with zero attached hydrogens (tertiary/aromatic N) is 3. The van der Waals surface area contributed by atoms with Crippen molar-refractivity contribution in [1.29, 1.82) is 0 Å². The number of rotatable bonds is 3. The first kappa shape index (κ1) is 15.7. The second-order valence-electron chi connectivity index (χ2n) is 6.38. The summed E-state index contributed by atoms with van der Waals surface area (Å²) in [6.45, 7) is 1.87. The van der Waals surface area contributed by atoms with Crippen molar-refractivity contribution >= 4 is 5.91 Å². The highest BCUT2D eigenvalue weighted by Crippen LogP contribution is 2.34. The molecule has 1 aliphatic rings. The summed E-state index contributed by atoms with van der Waals surface area (Å²) in [7, 11) is 1.89. The molecule has 0 aliphatic heterocycles. The van der Waals surface area contributed by atoms with E-state index in [0.717, 1.165) is 31.4 Å². The van der Waals surface area contributed by atoms with Gasteiger partial charge in [-0.1, -0.05) is 30.3 Å². The van der Waals surface area contributed by atoms with Gasteiger partial charge in [-0.15, -0.1) is 0 Å². The largest absolute Gasteiger partial charge is 0.337 e. The average molecular weight is 309 g/mol. The molecule has 2 aromatic rings. The van der Waals surface area contributed by atoms with E-state index in [1.54, 1.807) is 12.4 Å². The molecule has 4 nitrogen and oxygen atoms in total. The van der Waals surface area contributed by atoms with Crippen molar-refractivity contribution in [3.8, 4) is 0 Å². The molecule has 3 rings (SSSR count). The zero-order valence-corrected chi connectivity index (χ0v) is 13.8. The van der Waals surface area contributed by atoms with Gasteiger partial charge >= 0.3 is 0 Å². The minimum Gasteiger partial charge on any atom is -0.337 e. The molecular formula is C19H23N3O. The van der Waals surface area contributed by atoms with Crippen molar-refractivity contribution in [2.45, 2.75) is 44.6 Å². The van der Waals surface area contributed by atoms with Crippen LogP contribution in [0.15, 0.2) is 42.7 Å². The molecule has 1 aromatic heterocycles. The fraction of sp³-hybridized carbons (Fsp3) is 0.421. The third-order valence-corrected chi connectivity index (χ3v) is 4.84. The summed E-state index contributed by atoms with van der Waals surface area (Å²) >= 11 is 0. The van der Waals surface area contributed by atoms with Gasteiger partial charge in [-0.2, -0.15) is 0 Å². The van der Waals surface area contributed by atoms with Crippen LogP contribution < -0.4 is 0 Å². The third kappa shape index (κ3) is 3.58. The molecule has 1 amide bonds. The Morgan fingerprint density at radius 1 is 1.04 bits per heavy atom. The number of hydrogen-bond acceptors (Lipinski definition) is 3. The Hall–Kier alpha value is -2.23. The Balaban J connectivity index is 1.60. The van der Waals surface area contributed by atoms with Crippen LogP contribution in [-0.4, -0.2) is 33.9 Å². The van der Waals surface area contributed by atoms with E-state index in [1.807, 2.05) is 18.9 Å². The van der Waals surface area contributed by atoms with Gasteiger partial charge in [0.2, 0.25) is 0 Å². The minimum absolute atomic E-state index is 0.0272. The Labute approximate surface area is 137 Å². The summed E-state index contributed by atoms with van der Waals surface area (Å²) in [5.41, 5.74) is 2.68. The van der Waals surface area contributed by atoms with Gasteiger partial charge < -0.3 is 4.90 Å². The normalized spacial score (nSPS) is 21.0. The molecule has 1 aromatic carbocycles. The van der Waals surface area contributed by atoms with Crippen molar-refractivity contribution in [1.82, 2.24) is 14.9 Å². The van der Waals surface area contributed by atoms with E-state index in [9.17, 15) is 4.79 Å². The summed E-state index contributed by atoms with van der Waals surface area (Å²) < 4.78 is 0. The van der Waals surface area contributed by atoms with Crippen LogP contribution in [-0.2, 0) is 0 Å². The predicted molar refractivity (Wildman–Crippen MR) is 90.3 cm³/mol. The van der Waals surface area contributed by atoms with Crippen molar-refractivity contribution in [3.05, 3.63) is 59.7 Å². The van der Waals surface area contributed by atoms with Gasteiger partial charge in [0.1, 0.15) is 5.69 Å². The topological polar surface area (TPSA) is 46.1 Å². The summed E-state index contributed by atoms with van der Waals surface area (Å²) in [6.07, 6.45) is 7.57. The Morgan fingerprint density at radius 3 is 2.35 bits per heavy atom. The van der Waals surface area contributed by atoms with E-state index >= 15 is 0 Å². The van der Waals surface area contributed by atoms with Gasteiger partial charge in [0.05, 0.1) is 11.9 Å². The lowest BCUT2D eigenvalue weighted by Crippen LogP contribution is -2.39. The van der Waals surface area contributed by atoms with Crippen LogP contribution in [0, 0.1) is 6.92 Å². The monoisotopic (exact) mass is 309 g/mol. The number of carbonyl (C=O) groups is 1. The standard InChI is InChI=1S/C19H23N3O/c1-14-12-21-18(13-20-14)19(23)22(2)17-10-8-16(9-11-17)15-6-4-3-5-7-15/h3-7,12-13,16-17H,8-11H2,1-2H3. The molecule has 0 saturated heterocycles. The minimum atomic E-state index is -0.0272. The zero-order chi connectivity index (χ0) is 16.2. The lowest BCUT2D eigenvalue weighted by molar-refractivity contribution is 0.0683. The maximum Gasteiger partial charge on any atom is 0.274 e. The average Bonchev–Trinajstić information content (AvgIpc) is 2.62. The maximum atomic E-state index is 12.5. The van der Waals surface area contributed by atoms with E-state index in [-0.39, 0.29) is 5.91 Å². The number of hydrogen-bond donors (Lipinski definition) is 0. The van der Waals surface area contributed by atoms with Crippen LogP contribution in [0.25, 0.3) is 0 Å². The lowest BCUT2D eigenvalue weighted by atomic mass is 9.81. The van der Waals surface area contributed by atoms with Crippen LogP contribution in [0.2, 0.25) is 0 Å². The lowest BCUT2D eigenvalue weighted by Gasteiger charge is -2.34. The SMILES string of the molecule is Cc1cnc(C(=O)N(C)C2CCC(c3ccccc3)CC2)cn1. The number of aromatic nitrogens is 2.